The second kappa shape index (κ2) is 9.99. The Kier molecular flexibility index (Phi) is 8.32. The van der Waals surface area contributed by atoms with Crippen LogP contribution in [-0.2, 0) is 4.79 Å². The Morgan fingerprint density at radius 1 is 1.35 bits per heavy atom. The minimum atomic E-state index is -0.916. The second-order valence-corrected chi connectivity index (χ2v) is 5.68. The summed E-state index contributed by atoms with van der Waals surface area (Å²) in [5.74, 6) is 0.145. The van der Waals surface area contributed by atoms with Gasteiger partial charge in [0.15, 0.2) is 0 Å². The van der Waals surface area contributed by atoms with Crippen molar-refractivity contribution >= 4 is 17.7 Å². The Morgan fingerprint density at radius 2 is 2.04 bits per heavy atom. The summed E-state index contributed by atoms with van der Waals surface area (Å²) in [6.07, 6.45) is 2.15. The number of aliphatic carboxylic acids is 1. The van der Waals surface area contributed by atoms with E-state index in [1.54, 1.807) is 6.07 Å². The van der Waals surface area contributed by atoms with Crippen molar-refractivity contribution in [1.29, 1.82) is 0 Å². The van der Waals surface area contributed by atoms with Gasteiger partial charge in [0, 0.05) is 17.8 Å². The second-order valence-electron chi connectivity index (χ2n) is 5.68. The largest absolute Gasteiger partial charge is 0.480 e. The van der Waals surface area contributed by atoms with Crippen LogP contribution in [0.5, 0.6) is 0 Å². The summed E-state index contributed by atoms with van der Waals surface area (Å²) in [7, 11) is 0. The van der Waals surface area contributed by atoms with Crippen LogP contribution in [0.15, 0.2) is 6.07 Å². The Morgan fingerprint density at radius 3 is 2.65 bits per heavy atom. The lowest BCUT2D eigenvalue weighted by atomic mass is 10.2. The molecule has 1 aromatic rings. The summed E-state index contributed by atoms with van der Waals surface area (Å²) < 4.78 is 0. The van der Waals surface area contributed by atoms with Crippen molar-refractivity contribution in [3.8, 4) is 0 Å². The highest BCUT2D eigenvalue weighted by Gasteiger charge is 2.08. The van der Waals surface area contributed by atoms with Gasteiger partial charge in [-0.05, 0) is 46.3 Å². The van der Waals surface area contributed by atoms with Crippen LogP contribution in [0.1, 0.15) is 39.3 Å². The van der Waals surface area contributed by atoms with Crippen LogP contribution in [0, 0.1) is 6.92 Å². The minimum absolute atomic E-state index is 0.157. The summed E-state index contributed by atoms with van der Waals surface area (Å²) in [5.41, 5.74) is 0.797. The van der Waals surface area contributed by atoms with Crippen molar-refractivity contribution in [3.63, 3.8) is 0 Å². The molecular formula is C16H29N5O2. The van der Waals surface area contributed by atoms with E-state index in [-0.39, 0.29) is 12.6 Å². The first-order valence-corrected chi connectivity index (χ1v) is 8.24. The molecule has 0 aromatic carbocycles. The van der Waals surface area contributed by atoms with Gasteiger partial charge in [0.1, 0.15) is 12.4 Å². The monoisotopic (exact) mass is 323 g/mol. The summed E-state index contributed by atoms with van der Waals surface area (Å²) in [6, 6.07) is 2.00. The predicted octanol–water partition coefficient (Wildman–Crippen LogP) is 2.20. The molecule has 0 saturated carbocycles. The number of anilines is 2. The highest BCUT2D eigenvalue weighted by Crippen LogP contribution is 2.12. The molecule has 1 heterocycles. The lowest BCUT2D eigenvalue weighted by Gasteiger charge is -2.20. The fourth-order valence-corrected chi connectivity index (χ4v) is 2.34. The molecule has 0 saturated heterocycles. The zero-order valence-electron chi connectivity index (χ0n) is 14.6. The van der Waals surface area contributed by atoms with Crippen molar-refractivity contribution in [3.05, 3.63) is 11.8 Å². The molecule has 7 nitrogen and oxygen atoms in total. The number of nitrogens with zero attached hydrogens (tertiary/aromatic N) is 3. The van der Waals surface area contributed by atoms with E-state index in [2.05, 4.69) is 46.3 Å². The first-order chi connectivity index (χ1) is 10.9. The van der Waals surface area contributed by atoms with Gasteiger partial charge < -0.3 is 20.6 Å². The molecule has 0 aliphatic carbocycles. The molecule has 0 spiro atoms. The molecule has 0 bridgehead atoms. The lowest BCUT2D eigenvalue weighted by molar-refractivity contribution is -0.134. The summed E-state index contributed by atoms with van der Waals surface area (Å²) in [4.78, 5) is 21.7. The Balaban J connectivity index is 2.50. The first-order valence-electron chi connectivity index (χ1n) is 8.24. The van der Waals surface area contributed by atoms with E-state index in [1.165, 1.54) is 0 Å². The number of carboxylic acids is 1. The van der Waals surface area contributed by atoms with Crippen molar-refractivity contribution in [2.24, 2.45) is 0 Å². The van der Waals surface area contributed by atoms with Gasteiger partial charge in [0.2, 0.25) is 5.95 Å². The molecule has 130 valence electrons. The standard InChI is InChI=1S/C16H29N5O2/c1-5-21(6-2)9-7-8-12(3)18-16-19-13(4)10-14(20-16)17-11-15(22)23/h10,12H,5-9,11H2,1-4H3,(H,22,23)(H2,17,18,19,20). The van der Waals surface area contributed by atoms with Gasteiger partial charge in [0.05, 0.1) is 0 Å². The highest BCUT2D eigenvalue weighted by molar-refractivity contribution is 5.72. The van der Waals surface area contributed by atoms with E-state index in [1.807, 2.05) is 6.92 Å². The zero-order chi connectivity index (χ0) is 17.2. The smallest absolute Gasteiger partial charge is 0.322 e. The molecule has 1 aromatic heterocycles. The zero-order valence-corrected chi connectivity index (χ0v) is 14.6. The van der Waals surface area contributed by atoms with Gasteiger partial charge >= 0.3 is 5.97 Å². The number of hydrogen-bond donors (Lipinski definition) is 3. The van der Waals surface area contributed by atoms with Crippen LogP contribution < -0.4 is 10.6 Å². The molecule has 0 amide bonds. The SMILES string of the molecule is CCN(CC)CCCC(C)Nc1nc(C)cc(NCC(=O)O)n1. The predicted molar refractivity (Wildman–Crippen MR) is 93.0 cm³/mol. The van der Waals surface area contributed by atoms with Crippen LogP contribution in [0.3, 0.4) is 0 Å². The third-order valence-electron chi connectivity index (χ3n) is 3.66. The van der Waals surface area contributed by atoms with E-state index in [0.29, 0.717) is 11.8 Å². The van der Waals surface area contributed by atoms with Crippen molar-refractivity contribution in [2.75, 3.05) is 36.8 Å². The third kappa shape index (κ3) is 7.78. The topological polar surface area (TPSA) is 90.4 Å². The average molecular weight is 323 g/mol. The molecule has 3 N–H and O–H groups in total. The van der Waals surface area contributed by atoms with Gasteiger partial charge in [-0.2, -0.15) is 4.98 Å². The summed E-state index contributed by atoms with van der Waals surface area (Å²) in [5, 5.41) is 14.8. The number of carboxylic acid groups (broad SMARTS) is 1. The highest BCUT2D eigenvalue weighted by atomic mass is 16.4. The van der Waals surface area contributed by atoms with Crippen molar-refractivity contribution in [1.82, 2.24) is 14.9 Å². The number of aromatic nitrogens is 2. The van der Waals surface area contributed by atoms with Gasteiger partial charge in [-0.25, -0.2) is 4.98 Å². The summed E-state index contributed by atoms with van der Waals surface area (Å²) in [6.45, 7) is 11.4. The average Bonchev–Trinajstić information content (AvgIpc) is 2.49. The van der Waals surface area contributed by atoms with E-state index >= 15 is 0 Å². The van der Waals surface area contributed by atoms with Crippen molar-refractivity contribution < 1.29 is 9.90 Å². The number of nitrogens with one attached hydrogen (secondary N) is 2. The Hall–Kier alpha value is -1.89. The van der Waals surface area contributed by atoms with Gasteiger partial charge in [-0.3, -0.25) is 4.79 Å². The quantitative estimate of drug-likeness (QED) is 0.575. The molecular weight excluding hydrogens is 294 g/mol. The number of rotatable bonds is 11. The number of carbonyl (C=O) groups is 1. The molecule has 0 aliphatic rings. The van der Waals surface area contributed by atoms with Crippen LogP contribution in [0.25, 0.3) is 0 Å². The number of aryl methyl sites for hydroxylation is 1. The van der Waals surface area contributed by atoms with Crippen LogP contribution in [-0.4, -0.2) is 58.2 Å². The van der Waals surface area contributed by atoms with Crippen molar-refractivity contribution in [2.45, 2.75) is 46.6 Å². The first kappa shape index (κ1) is 19.2. The normalized spacial score (nSPS) is 12.2. The Labute approximate surface area is 138 Å². The van der Waals surface area contributed by atoms with E-state index < -0.39 is 5.97 Å². The minimum Gasteiger partial charge on any atom is -0.480 e. The maximum atomic E-state index is 10.6. The van der Waals surface area contributed by atoms with E-state index in [9.17, 15) is 4.79 Å². The molecule has 23 heavy (non-hydrogen) atoms. The molecule has 0 aliphatic heterocycles. The van der Waals surface area contributed by atoms with Crippen LogP contribution >= 0.6 is 0 Å². The Bertz CT molecular complexity index is 491. The van der Waals surface area contributed by atoms with Gasteiger partial charge in [0.25, 0.3) is 0 Å². The maximum absolute atomic E-state index is 10.6. The molecule has 0 fully saturated rings. The fourth-order valence-electron chi connectivity index (χ4n) is 2.34. The summed E-state index contributed by atoms with van der Waals surface area (Å²) >= 11 is 0. The van der Waals surface area contributed by atoms with Crippen LogP contribution in [0.4, 0.5) is 11.8 Å². The fraction of sp³-hybridized carbons (Fsp3) is 0.688. The van der Waals surface area contributed by atoms with E-state index in [4.69, 9.17) is 5.11 Å². The lowest BCUT2D eigenvalue weighted by Crippen LogP contribution is -2.26. The van der Waals surface area contributed by atoms with E-state index in [0.717, 1.165) is 38.2 Å². The maximum Gasteiger partial charge on any atom is 0.322 e. The van der Waals surface area contributed by atoms with Gasteiger partial charge in [-0.1, -0.05) is 13.8 Å². The van der Waals surface area contributed by atoms with Crippen LogP contribution in [0.2, 0.25) is 0 Å². The van der Waals surface area contributed by atoms with Gasteiger partial charge in [-0.15, -0.1) is 0 Å². The molecule has 1 unspecified atom stereocenters. The molecule has 1 atom stereocenters. The molecule has 7 heteroatoms. The molecule has 0 radical (unpaired) electrons. The third-order valence-corrected chi connectivity index (χ3v) is 3.66. The number of hydrogen-bond acceptors (Lipinski definition) is 6. The molecule has 1 rings (SSSR count).